The van der Waals surface area contributed by atoms with Crippen LogP contribution in [-0.4, -0.2) is 17.2 Å². The van der Waals surface area contributed by atoms with Crippen molar-refractivity contribution in [1.82, 2.24) is 0 Å². The van der Waals surface area contributed by atoms with Gasteiger partial charge in [0.25, 0.3) is 0 Å². The van der Waals surface area contributed by atoms with Crippen molar-refractivity contribution in [3.63, 3.8) is 0 Å². The second-order valence-electron chi connectivity index (χ2n) is 6.01. The summed E-state index contributed by atoms with van der Waals surface area (Å²) >= 11 is 10.2. The largest absolute Gasteiger partial charge is 0.488 e. The molecule has 32 heavy (non-hydrogen) atoms. The van der Waals surface area contributed by atoms with Crippen LogP contribution in [0.15, 0.2) is 118 Å². The molecule has 0 fully saturated rings. The molecular formula is C26H24BBr3O2. The minimum absolute atomic E-state index is 0.137. The summed E-state index contributed by atoms with van der Waals surface area (Å²) in [4.78, 5) is 0. The van der Waals surface area contributed by atoms with E-state index in [1.807, 2.05) is 42.5 Å². The van der Waals surface area contributed by atoms with E-state index in [1.165, 1.54) is 10.0 Å². The predicted molar refractivity (Wildman–Crippen MR) is 146 cm³/mol. The molecule has 6 heteroatoms. The summed E-state index contributed by atoms with van der Waals surface area (Å²) in [6.07, 6.45) is 0.303. The lowest BCUT2D eigenvalue weighted by molar-refractivity contribution is 0.426. The van der Waals surface area contributed by atoms with Crippen molar-refractivity contribution >= 4 is 60.4 Å². The van der Waals surface area contributed by atoms with E-state index < -0.39 is 42.8 Å². The van der Waals surface area contributed by atoms with Gasteiger partial charge in [0.1, 0.15) is 0 Å². The van der Waals surface area contributed by atoms with Crippen LogP contribution in [0.4, 0.5) is 0 Å². The van der Waals surface area contributed by atoms with Crippen molar-refractivity contribution in [3.8, 4) is 0 Å². The van der Waals surface area contributed by atoms with E-state index in [4.69, 9.17) is 23.8 Å². The maximum absolute atomic E-state index is 8.81. The molecule has 0 aliphatic rings. The molecule has 0 radical (unpaired) electrons. The Morgan fingerprint density at radius 1 is 0.688 bits per heavy atom. The van der Waals surface area contributed by atoms with Gasteiger partial charge in [0.15, 0.2) is 0 Å². The highest BCUT2D eigenvalue weighted by Gasteiger charge is 2.07. The number of hydrogen-bond acceptors (Lipinski definition) is 2. The van der Waals surface area contributed by atoms with Crippen molar-refractivity contribution in [3.05, 3.63) is 135 Å². The lowest BCUT2D eigenvalue weighted by Gasteiger charge is -2.03. The zero-order valence-corrected chi connectivity index (χ0v) is 21.4. The summed E-state index contributed by atoms with van der Waals surface area (Å²) in [6.45, 7) is 0. The Hall–Kier alpha value is -1.70. The number of alkyl halides is 1. The van der Waals surface area contributed by atoms with Crippen molar-refractivity contribution in [1.29, 1.82) is 0 Å². The van der Waals surface area contributed by atoms with Gasteiger partial charge < -0.3 is 10.0 Å². The highest BCUT2D eigenvalue weighted by Crippen LogP contribution is 2.19. The Morgan fingerprint density at radius 3 is 1.59 bits per heavy atom. The molecule has 4 aromatic rings. The van der Waals surface area contributed by atoms with E-state index in [-0.39, 0.29) is 30.2 Å². The zero-order valence-electron chi connectivity index (χ0n) is 26.6. The molecule has 0 unspecified atom stereocenters. The third kappa shape index (κ3) is 9.84. The summed E-state index contributed by atoms with van der Waals surface area (Å²) in [7, 11) is -2.07. The Bertz CT molecular complexity index is 1520. The number of hydrogen-bond donors (Lipinski definition) is 2. The van der Waals surface area contributed by atoms with Gasteiger partial charge in [-0.1, -0.05) is 145 Å². The standard InChI is InChI=1S/C13H11Br.C7H6Br2.C6H7BO2/c14-13-9-5-4-8-12(13)10-11-6-2-1-3-7-11;8-5-6-3-1-2-4-7(6)9;8-7(9)6-4-2-1-3-5-6/h1-9H,10H2;1-4H,5H2;1-5,8-9H/i1D,2D,3D,6D,7D;;1D,2D,3D,4D,5D. The van der Waals surface area contributed by atoms with Gasteiger partial charge in [0.05, 0.1) is 13.7 Å². The minimum atomic E-state index is -2.07. The third-order valence-corrected chi connectivity index (χ3v) is 5.91. The molecule has 0 heterocycles. The average Bonchev–Trinajstić information content (AvgIpc) is 2.97. The fraction of sp³-hybridized carbons (Fsp3) is 0.0769. The molecule has 0 spiro atoms. The van der Waals surface area contributed by atoms with Crippen molar-refractivity contribution in [2.24, 2.45) is 0 Å². The summed E-state index contributed by atoms with van der Waals surface area (Å²) in [5, 5.41) is 18.5. The lowest BCUT2D eigenvalue weighted by atomic mass is 9.81. The molecule has 0 atom stereocenters. The van der Waals surface area contributed by atoms with E-state index in [1.54, 1.807) is 0 Å². The first-order chi connectivity index (χ1) is 19.6. The van der Waals surface area contributed by atoms with Gasteiger partial charge in [-0.25, -0.2) is 0 Å². The smallest absolute Gasteiger partial charge is 0.423 e. The quantitative estimate of drug-likeness (QED) is 0.194. The highest BCUT2D eigenvalue weighted by atomic mass is 79.9. The molecular weight excluding hydrogens is 595 g/mol. The van der Waals surface area contributed by atoms with Gasteiger partial charge in [0, 0.05) is 14.3 Å². The Labute approximate surface area is 229 Å². The second-order valence-corrected chi connectivity index (χ2v) is 8.28. The Balaban J connectivity index is 0.000000235. The molecule has 4 rings (SSSR count). The molecule has 0 amide bonds. The van der Waals surface area contributed by atoms with E-state index in [2.05, 4.69) is 53.9 Å². The summed E-state index contributed by atoms with van der Waals surface area (Å²) in [6, 6.07) is 11.5. The molecule has 0 saturated heterocycles. The second kappa shape index (κ2) is 15.2. The van der Waals surface area contributed by atoms with Crippen LogP contribution in [0.25, 0.3) is 0 Å². The first-order valence-electron chi connectivity index (χ1n) is 14.2. The lowest BCUT2D eigenvalue weighted by Crippen LogP contribution is -2.29. The van der Waals surface area contributed by atoms with Gasteiger partial charge in [-0.15, -0.1) is 0 Å². The van der Waals surface area contributed by atoms with E-state index >= 15 is 0 Å². The fourth-order valence-electron chi connectivity index (χ4n) is 2.19. The van der Waals surface area contributed by atoms with E-state index in [0.717, 1.165) is 15.4 Å². The van der Waals surface area contributed by atoms with Crippen molar-refractivity contribution in [2.45, 2.75) is 11.8 Å². The summed E-state index contributed by atoms with van der Waals surface area (Å²) < 4.78 is 76.8. The molecule has 0 saturated carbocycles. The van der Waals surface area contributed by atoms with Gasteiger partial charge in [-0.2, -0.15) is 0 Å². The van der Waals surface area contributed by atoms with Crippen LogP contribution in [0.5, 0.6) is 0 Å². The Morgan fingerprint density at radius 2 is 1.16 bits per heavy atom. The molecule has 164 valence electrons. The van der Waals surface area contributed by atoms with Crippen molar-refractivity contribution in [2.75, 3.05) is 0 Å². The monoisotopic (exact) mass is 626 g/mol. The van der Waals surface area contributed by atoms with Crippen LogP contribution in [0.3, 0.4) is 0 Å². The van der Waals surface area contributed by atoms with E-state index in [9.17, 15) is 0 Å². The normalized spacial score (nSPS) is 14.0. The van der Waals surface area contributed by atoms with Crippen LogP contribution in [0, 0.1) is 0 Å². The molecule has 2 N–H and O–H groups in total. The SMILES string of the molecule is BrCc1ccccc1Br.[2H]c1c([2H])c([2H])c(B(O)O)c([2H])c1[2H].[2H]c1c([2H])c([2H])c(Cc2ccccc2Br)c([2H])c1[2H]. The first-order valence-corrected chi connectivity index (χ1v) is 11.9. The van der Waals surface area contributed by atoms with Gasteiger partial charge in [-0.05, 0) is 40.7 Å². The van der Waals surface area contributed by atoms with Gasteiger partial charge >= 0.3 is 7.12 Å². The van der Waals surface area contributed by atoms with Crippen LogP contribution in [-0.2, 0) is 11.8 Å². The maximum Gasteiger partial charge on any atom is 0.488 e. The molecule has 0 aliphatic heterocycles. The summed E-state index contributed by atoms with van der Waals surface area (Å²) in [5.74, 6) is 0. The zero-order chi connectivity index (χ0) is 31.9. The highest BCUT2D eigenvalue weighted by molar-refractivity contribution is 9.11. The van der Waals surface area contributed by atoms with Gasteiger partial charge in [0.2, 0.25) is 0 Å². The number of benzene rings is 4. The third-order valence-electron chi connectivity index (χ3n) is 3.76. The molecule has 2 nitrogen and oxygen atoms in total. The molecule has 4 aromatic carbocycles. The van der Waals surface area contributed by atoms with Crippen LogP contribution >= 0.6 is 47.8 Å². The van der Waals surface area contributed by atoms with E-state index in [0.29, 0.717) is 12.0 Å². The number of rotatable bonds is 4. The molecule has 0 bridgehead atoms. The average molecular weight is 629 g/mol. The summed E-state index contributed by atoms with van der Waals surface area (Å²) in [5.41, 5.74) is 1.99. The molecule has 0 aliphatic carbocycles. The maximum atomic E-state index is 8.81. The van der Waals surface area contributed by atoms with Gasteiger partial charge in [-0.3, -0.25) is 0 Å². The van der Waals surface area contributed by atoms with Crippen LogP contribution in [0.1, 0.15) is 30.4 Å². The minimum Gasteiger partial charge on any atom is -0.423 e. The molecule has 0 aromatic heterocycles. The predicted octanol–water partition coefficient (Wildman–Crippen LogP) is 6.75. The number of halogens is 3. The topological polar surface area (TPSA) is 40.5 Å². The first kappa shape index (κ1) is 15.3. The van der Waals surface area contributed by atoms with Crippen LogP contribution < -0.4 is 5.46 Å². The van der Waals surface area contributed by atoms with Crippen LogP contribution in [0.2, 0.25) is 0 Å². The Kier molecular flexibility index (Phi) is 7.24. The van der Waals surface area contributed by atoms with Crippen molar-refractivity contribution < 1.29 is 23.8 Å². The fourth-order valence-corrected chi connectivity index (χ4v) is 3.91.